The van der Waals surface area contributed by atoms with E-state index in [2.05, 4.69) is 10.6 Å². The summed E-state index contributed by atoms with van der Waals surface area (Å²) in [4.78, 5) is 24.5. The Balaban J connectivity index is 1.57. The highest BCUT2D eigenvalue weighted by atomic mass is 35.5. The van der Waals surface area contributed by atoms with Crippen molar-refractivity contribution in [1.82, 2.24) is 0 Å². The van der Waals surface area contributed by atoms with Crippen LogP contribution in [-0.4, -0.2) is 11.8 Å². The van der Waals surface area contributed by atoms with E-state index in [1.54, 1.807) is 36.4 Å². The minimum absolute atomic E-state index is 0.189. The number of carbonyl (C=O) groups is 2. The first-order chi connectivity index (χ1) is 12.0. The fourth-order valence-corrected chi connectivity index (χ4v) is 2.76. The van der Waals surface area contributed by atoms with Gasteiger partial charge in [-0.1, -0.05) is 23.7 Å². The normalized spacial score (nSPS) is 18.1. The number of halogens is 1. The van der Waals surface area contributed by atoms with E-state index in [0.29, 0.717) is 28.4 Å². The van der Waals surface area contributed by atoms with Gasteiger partial charge in [-0.2, -0.15) is 5.26 Å². The highest BCUT2D eigenvalue weighted by Gasteiger charge is 2.48. The molecule has 0 heterocycles. The molecule has 1 fully saturated rings. The molecule has 0 aromatic heterocycles. The van der Waals surface area contributed by atoms with Crippen molar-refractivity contribution < 1.29 is 9.59 Å². The lowest BCUT2D eigenvalue weighted by Crippen LogP contribution is -2.20. The Morgan fingerprint density at radius 3 is 2.32 bits per heavy atom. The second-order valence-corrected chi connectivity index (χ2v) is 6.49. The summed E-state index contributed by atoms with van der Waals surface area (Å²) in [5.74, 6) is -1.10. The van der Waals surface area contributed by atoms with Gasteiger partial charge in [0.05, 0.1) is 23.5 Å². The van der Waals surface area contributed by atoms with Crippen LogP contribution in [0.25, 0.3) is 0 Å². The van der Waals surface area contributed by atoms with Crippen LogP contribution in [0.5, 0.6) is 0 Å². The van der Waals surface area contributed by atoms with Crippen LogP contribution in [-0.2, 0) is 9.59 Å². The summed E-state index contributed by atoms with van der Waals surface area (Å²) in [6.45, 7) is 1.89. The van der Waals surface area contributed by atoms with Crippen molar-refractivity contribution in [3.63, 3.8) is 0 Å². The maximum absolute atomic E-state index is 12.3. The molecule has 1 aliphatic carbocycles. The average Bonchev–Trinajstić information content (AvgIpc) is 3.39. The number of hydrogen-bond donors (Lipinski definition) is 2. The molecule has 2 N–H and O–H groups in total. The first kappa shape index (κ1) is 17.0. The second kappa shape index (κ2) is 6.96. The molecule has 1 aliphatic rings. The first-order valence-corrected chi connectivity index (χ1v) is 8.24. The molecular formula is C19H16ClN3O2. The molecule has 0 aliphatic heterocycles. The predicted octanol–water partition coefficient (Wildman–Crippen LogP) is 3.73. The third-order valence-corrected chi connectivity index (χ3v) is 4.57. The topological polar surface area (TPSA) is 82.0 Å². The standard InChI is InChI=1S/C19H16ClN3O2/c1-11-5-6-14(8-17(11)20)23-19(25)16-9-15(16)18(24)22-13-4-2-3-12(7-13)10-21/h2-8,15-16H,9H2,1H3,(H,22,24)(H,23,25). The van der Waals surface area contributed by atoms with Crippen LogP contribution in [0.3, 0.4) is 0 Å². The summed E-state index contributed by atoms with van der Waals surface area (Å²) in [5, 5.41) is 15.0. The molecule has 0 bridgehead atoms. The summed E-state index contributed by atoms with van der Waals surface area (Å²) < 4.78 is 0. The van der Waals surface area contributed by atoms with Crippen LogP contribution in [0.1, 0.15) is 17.5 Å². The lowest BCUT2D eigenvalue weighted by molar-refractivity contribution is -0.122. The van der Waals surface area contributed by atoms with E-state index in [-0.39, 0.29) is 23.7 Å². The molecule has 2 aromatic rings. The molecule has 5 nitrogen and oxygen atoms in total. The lowest BCUT2D eigenvalue weighted by atomic mass is 10.2. The van der Waals surface area contributed by atoms with Crippen LogP contribution in [0, 0.1) is 30.1 Å². The van der Waals surface area contributed by atoms with E-state index in [4.69, 9.17) is 16.9 Å². The van der Waals surface area contributed by atoms with Crippen LogP contribution in [0.4, 0.5) is 11.4 Å². The van der Waals surface area contributed by atoms with E-state index < -0.39 is 0 Å². The van der Waals surface area contributed by atoms with Crippen molar-refractivity contribution >= 4 is 34.8 Å². The fraction of sp³-hybridized carbons (Fsp3) is 0.211. The van der Waals surface area contributed by atoms with E-state index >= 15 is 0 Å². The van der Waals surface area contributed by atoms with Gasteiger partial charge in [-0.15, -0.1) is 0 Å². The molecule has 0 saturated heterocycles. The molecule has 25 heavy (non-hydrogen) atoms. The number of nitrogens with one attached hydrogen (secondary N) is 2. The van der Waals surface area contributed by atoms with Gasteiger partial charge in [-0.25, -0.2) is 0 Å². The molecule has 2 unspecified atom stereocenters. The molecule has 126 valence electrons. The fourth-order valence-electron chi connectivity index (χ4n) is 2.58. The Kier molecular flexibility index (Phi) is 4.73. The average molecular weight is 354 g/mol. The highest BCUT2D eigenvalue weighted by Crippen LogP contribution is 2.40. The molecule has 3 rings (SSSR count). The van der Waals surface area contributed by atoms with Crippen molar-refractivity contribution in [3.05, 3.63) is 58.6 Å². The monoisotopic (exact) mass is 353 g/mol. The second-order valence-electron chi connectivity index (χ2n) is 6.08. The lowest BCUT2D eigenvalue weighted by Gasteiger charge is -2.07. The first-order valence-electron chi connectivity index (χ1n) is 7.86. The summed E-state index contributed by atoms with van der Waals surface area (Å²) in [5.41, 5.74) is 2.58. The number of aryl methyl sites for hydroxylation is 1. The maximum atomic E-state index is 12.3. The van der Waals surface area contributed by atoms with E-state index in [1.165, 1.54) is 0 Å². The van der Waals surface area contributed by atoms with Crippen molar-refractivity contribution in [3.8, 4) is 6.07 Å². The molecule has 1 saturated carbocycles. The number of amides is 2. The Labute approximate surface area is 150 Å². The molecule has 0 radical (unpaired) electrons. The van der Waals surface area contributed by atoms with Gasteiger partial charge < -0.3 is 10.6 Å². The number of nitriles is 1. The SMILES string of the molecule is Cc1ccc(NC(=O)C2CC2C(=O)Nc2cccc(C#N)c2)cc1Cl. The third kappa shape index (κ3) is 3.98. The minimum atomic E-state index is -0.355. The quantitative estimate of drug-likeness (QED) is 0.878. The van der Waals surface area contributed by atoms with E-state index in [9.17, 15) is 9.59 Å². The van der Waals surface area contributed by atoms with Crippen molar-refractivity contribution in [2.45, 2.75) is 13.3 Å². The smallest absolute Gasteiger partial charge is 0.228 e. The number of rotatable bonds is 4. The molecule has 2 aromatic carbocycles. The number of carbonyl (C=O) groups excluding carboxylic acids is 2. The van der Waals surface area contributed by atoms with Crippen LogP contribution < -0.4 is 10.6 Å². The van der Waals surface area contributed by atoms with Crippen molar-refractivity contribution in [1.29, 1.82) is 5.26 Å². The number of hydrogen-bond acceptors (Lipinski definition) is 3. The third-order valence-electron chi connectivity index (χ3n) is 4.16. The van der Waals surface area contributed by atoms with Gasteiger partial charge in [-0.3, -0.25) is 9.59 Å². The van der Waals surface area contributed by atoms with Gasteiger partial charge in [0.1, 0.15) is 0 Å². The summed E-state index contributed by atoms with van der Waals surface area (Å²) >= 11 is 6.05. The highest BCUT2D eigenvalue weighted by molar-refractivity contribution is 6.31. The molecular weight excluding hydrogens is 338 g/mol. The Hall–Kier alpha value is -2.84. The van der Waals surface area contributed by atoms with Gasteiger partial charge >= 0.3 is 0 Å². The van der Waals surface area contributed by atoms with Crippen LogP contribution in [0.15, 0.2) is 42.5 Å². The summed E-state index contributed by atoms with van der Waals surface area (Å²) in [6.07, 6.45) is 0.509. The summed E-state index contributed by atoms with van der Waals surface area (Å²) in [6, 6.07) is 14.0. The zero-order chi connectivity index (χ0) is 18.0. The number of nitrogens with zero attached hydrogens (tertiary/aromatic N) is 1. The van der Waals surface area contributed by atoms with E-state index in [1.807, 2.05) is 19.1 Å². The van der Waals surface area contributed by atoms with Crippen LogP contribution >= 0.6 is 11.6 Å². The maximum Gasteiger partial charge on any atom is 0.228 e. The molecule has 2 atom stereocenters. The molecule has 0 spiro atoms. The van der Waals surface area contributed by atoms with Gasteiger partial charge in [0.2, 0.25) is 11.8 Å². The molecule has 2 amide bonds. The van der Waals surface area contributed by atoms with Gasteiger partial charge in [-0.05, 0) is 49.2 Å². The summed E-state index contributed by atoms with van der Waals surface area (Å²) in [7, 11) is 0. The zero-order valence-electron chi connectivity index (χ0n) is 13.5. The Morgan fingerprint density at radius 2 is 1.72 bits per heavy atom. The number of benzene rings is 2. The molecule has 6 heteroatoms. The van der Waals surface area contributed by atoms with Crippen LogP contribution in [0.2, 0.25) is 5.02 Å². The predicted molar refractivity (Wildman–Crippen MR) is 96.2 cm³/mol. The van der Waals surface area contributed by atoms with Gasteiger partial charge in [0.15, 0.2) is 0 Å². The Morgan fingerprint density at radius 1 is 1.08 bits per heavy atom. The minimum Gasteiger partial charge on any atom is -0.326 e. The largest absolute Gasteiger partial charge is 0.326 e. The van der Waals surface area contributed by atoms with Crippen molar-refractivity contribution in [2.75, 3.05) is 10.6 Å². The van der Waals surface area contributed by atoms with Crippen molar-refractivity contribution in [2.24, 2.45) is 11.8 Å². The zero-order valence-corrected chi connectivity index (χ0v) is 14.3. The number of anilines is 2. The van der Waals surface area contributed by atoms with Gasteiger partial charge in [0, 0.05) is 16.4 Å². The van der Waals surface area contributed by atoms with Gasteiger partial charge in [0.25, 0.3) is 0 Å². The Bertz CT molecular complexity index is 888. The van der Waals surface area contributed by atoms with E-state index in [0.717, 1.165) is 5.56 Å².